The van der Waals surface area contributed by atoms with Gasteiger partial charge in [0.1, 0.15) is 5.75 Å². The Morgan fingerprint density at radius 1 is 1.29 bits per heavy atom. The molecule has 0 bridgehead atoms. The van der Waals surface area contributed by atoms with Crippen LogP contribution in [0.15, 0.2) is 18.2 Å². The Kier molecular flexibility index (Phi) is 4.04. The van der Waals surface area contributed by atoms with Gasteiger partial charge in [0.25, 0.3) is 0 Å². The molecule has 21 heavy (non-hydrogen) atoms. The second kappa shape index (κ2) is 5.96. The molecule has 2 fully saturated rings. The van der Waals surface area contributed by atoms with Gasteiger partial charge in [0, 0.05) is 11.6 Å². The van der Waals surface area contributed by atoms with Crippen LogP contribution in [0.2, 0.25) is 0 Å². The predicted molar refractivity (Wildman–Crippen MR) is 84.2 cm³/mol. The summed E-state index contributed by atoms with van der Waals surface area (Å²) in [5.74, 6) is 2.38. The van der Waals surface area contributed by atoms with E-state index in [1.54, 1.807) is 19.2 Å². The number of anilines is 2. The van der Waals surface area contributed by atoms with E-state index in [-0.39, 0.29) is 11.8 Å². The van der Waals surface area contributed by atoms with Crippen LogP contribution >= 0.6 is 0 Å². The molecule has 114 valence electrons. The maximum absolute atomic E-state index is 12.3. The third kappa shape index (κ3) is 3.14. The SMILES string of the molecule is COc1ccc(NC(=O)C2CC2C2CCCCC2)cc1N. The highest BCUT2D eigenvalue weighted by atomic mass is 16.5. The molecule has 1 amide bonds. The Morgan fingerprint density at radius 2 is 2.05 bits per heavy atom. The number of amides is 1. The third-order valence-electron chi connectivity index (χ3n) is 4.93. The van der Waals surface area contributed by atoms with E-state index < -0.39 is 0 Å². The van der Waals surface area contributed by atoms with Crippen molar-refractivity contribution < 1.29 is 9.53 Å². The summed E-state index contributed by atoms with van der Waals surface area (Å²) < 4.78 is 5.12. The van der Waals surface area contributed by atoms with Crippen molar-refractivity contribution in [1.82, 2.24) is 0 Å². The van der Waals surface area contributed by atoms with Gasteiger partial charge in [-0.2, -0.15) is 0 Å². The van der Waals surface area contributed by atoms with Crippen LogP contribution in [0.25, 0.3) is 0 Å². The van der Waals surface area contributed by atoms with Gasteiger partial charge in [-0.3, -0.25) is 4.79 Å². The summed E-state index contributed by atoms with van der Waals surface area (Å²) in [5.41, 5.74) is 7.18. The lowest BCUT2D eigenvalue weighted by Crippen LogP contribution is -2.18. The third-order valence-corrected chi connectivity index (χ3v) is 4.93. The molecule has 1 aromatic carbocycles. The van der Waals surface area contributed by atoms with E-state index in [2.05, 4.69) is 5.32 Å². The molecular weight excluding hydrogens is 264 g/mol. The zero-order chi connectivity index (χ0) is 14.8. The highest BCUT2D eigenvalue weighted by Gasteiger charge is 2.47. The van der Waals surface area contributed by atoms with E-state index >= 15 is 0 Å². The van der Waals surface area contributed by atoms with Crippen molar-refractivity contribution in [3.05, 3.63) is 18.2 Å². The van der Waals surface area contributed by atoms with Gasteiger partial charge in [0.05, 0.1) is 12.8 Å². The van der Waals surface area contributed by atoms with E-state index in [0.717, 1.165) is 18.0 Å². The van der Waals surface area contributed by atoms with Gasteiger partial charge in [-0.1, -0.05) is 32.1 Å². The molecule has 2 aliphatic rings. The molecule has 2 saturated carbocycles. The molecule has 0 aliphatic heterocycles. The van der Waals surface area contributed by atoms with Gasteiger partial charge in [-0.25, -0.2) is 0 Å². The summed E-state index contributed by atoms with van der Waals surface area (Å²) in [6.45, 7) is 0. The summed E-state index contributed by atoms with van der Waals surface area (Å²) in [6, 6.07) is 5.39. The second-order valence-electron chi connectivity index (χ2n) is 6.35. The number of hydrogen-bond donors (Lipinski definition) is 2. The van der Waals surface area contributed by atoms with Crippen molar-refractivity contribution in [3.63, 3.8) is 0 Å². The highest BCUT2D eigenvalue weighted by Crippen LogP contribution is 2.49. The van der Waals surface area contributed by atoms with Crippen molar-refractivity contribution in [2.24, 2.45) is 17.8 Å². The number of benzene rings is 1. The minimum absolute atomic E-state index is 0.148. The number of nitrogen functional groups attached to an aromatic ring is 1. The standard InChI is InChI=1S/C17H24N2O2/c1-21-16-8-7-12(9-15(16)18)19-17(20)14-10-13(14)11-5-3-2-4-6-11/h7-9,11,13-14H,2-6,10,18H2,1H3,(H,19,20). The molecule has 0 heterocycles. The van der Waals surface area contributed by atoms with E-state index in [1.165, 1.54) is 32.1 Å². The van der Waals surface area contributed by atoms with E-state index in [9.17, 15) is 4.79 Å². The smallest absolute Gasteiger partial charge is 0.227 e. The number of carbonyl (C=O) groups is 1. The first kappa shape index (κ1) is 14.2. The van der Waals surface area contributed by atoms with Crippen molar-refractivity contribution in [3.8, 4) is 5.75 Å². The Labute approximate surface area is 126 Å². The van der Waals surface area contributed by atoms with Crippen LogP contribution in [-0.4, -0.2) is 13.0 Å². The predicted octanol–water partition coefficient (Wildman–Crippen LogP) is 3.43. The molecule has 0 saturated heterocycles. The number of hydrogen-bond acceptors (Lipinski definition) is 3. The fourth-order valence-corrected chi connectivity index (χ4v) is 3.65. The highest BCUT2D eigenvalue weighted by molar-refractivity contribution is 5.95. The molecule has 2 unspecified atom stereocenters. The zero-order valence-corrected chi connectivity index (χ0v) is 12.6. The lowest BCUT2D eigenvalue weighted by atomic mass is 9.85. The fourth-order valence-electron chi connectivity index (χ4n) is 3.65. The maximum Gasteiger partial charge on any atom is 0.227 e. The molecule has 4 nitrogen and oxygen atoms in total. The number of carbonyl (C=O) groups excluding carboxylic acids is 1. The number of rotatable bonds is 4. The second-order valence-corrected chi connectivity index (χ2v) is 6.35. The van der Waals surface area contributed by atoms with Crippen LogP contribution in [0.4, 0.5) is 11.4 Å². The largest absolute Gasteiger partial charge is 0.495 e. The first-order chi connectivity index (χ1) is 10.2. The van der Waals surface area contributed by atoms with Crippen LogP contribution in [-0.2, 0) is 4.79 Å². The monoisotopic (exact) mass is 288 g/mol. The van der Waals surface area contributed by atoms with E-state index in [0.29, 0.717) is 17.4 Å². The van der Waals surface area contributed by atoms with Crippen LogP contribution < -0.4 is 15.8 Å². The normalized spacial score (nSPS) is 25.4. The Hall–Kier alpha value is -1.71. The van der Waals surface area contributed by atoms with Crippen molar-refractivity contribution in [1.29, 1.82) is 0 Å². The Balaban J connectivity index is 1.56. The summed E-state index contributed by atoms with van der Waals surface area (Å²) in [5, 5.41) is 2.99. The molecule has 3 N–H and O–H groups in total. The van der Waals surface area contributed by atoms with Gasteiger partial charge >= 0.3 is 0 Å². The number of nitrogens with one attached hydrogen (secondary N) is 1. The average molecular weight is 288 g/mol. The van der Waals surface area contributed by atoms with E-state index in [1.807, 2.05) is 6.07 Å². The van der Waals surface area contributed by atoms with Gasteiger partial charge < -0.3 is 15.8 Å². The van der Waals surface area contributed by atoms with Gasteiger partial charge in [0.15, 0.2) is 0 Å². The first-order valence-corrected chi connectivity index (χ1v) is 7.93. The number of ether oxygens (including phenoxy) is 1. The van der Waals surface area contributed by atoms with Crippen LogP contribution in [0.5, 0.6) is 5.75 Å². The quantitative estimate of drug-likeness (QED) is 0.834. The lowest BCUT2D eigenvalue weighted by Gasteiger charge is -2.21. The molecule has 2 atom stereocenters. The summed E-state index contributed by atoms with van der Waals surface area (Å²) in [6.07, 6.45) is 7.72. The molecule has 1 aromatic rings. The molecule has 0 aromatic heterocycles. The minimum Gasteiger partial charge on any atom is -0.495 e. The number of methoxy groups -OCH3 is 1. The molecule has 0 spiro atoms. The van der Waals surface area contributed by atoms with E-state index in [4.69, 9.17) is 10.5 Å². The summed E-state index contributed by atoms with van der Waals surface area (Å²) in [7, 11) is 1.59. The van der Waals surface area contributed by atoms with Gasteiger partial charge in [0.2, 0.25) is 5.91 Å². The number of nitrogens with two attached hydrogens (primary N) is 1. The van der Waals surface area contributed by atoms with Gasteiger partial charge in [-0.15, -0.1) is 0 Å². The fraction of sp³-hybridized carbons (Fsp3) is 0.588. The molecule has 0 radical (unpaired) electrons. The zero-order valence-electron chi connectivity index (χ0n) is 12.6. The van der Waals surface area contributed by atoms with Crippen LogP contribution in [0.1, 0.15) is 38.5 Å². The summed E-state index contributed by atoms with van der Waals surface area (Å²) in [4.78, 5) is 12.3. The van der Waals surface area contributed by atoms with Crippen molar-refractivity contribution >= 4 is 17.3 Å². The topological polar surface area (TPSA) is 64.3 Å². The van der Waals surface area contributed by atoms with Gasteiger partial charge in [-0.05, 0) is 36.5 Å². The van der Waals surface area contributed by atoms with Crippen molar-refractivity contribution in [2.45, 2.75) is 38.5 Å². The maximum atomic E-state index is 12.3. The Morgan fingerprint density at radius 3 is 2.71 bits per heavy atom. The summed E-state index contributed by atoms with van der Waals surface area (Å²) >= 11 is 0. The molecule has 3 rings (SSSR count). The average Bonchev–Trinajstić information content (AvgIpc) is 3.29. The van der Waals surface area contributed by atoms with Crippen LogP contribution in [0, 0.1) is 17.8 Å². The molecular formula is C17H24N2O2. The molecule has 4 heteroatoms. The minimum atomic E-state index is 0.148. The van der Waals surface area contributed by atoms with Crippen molar-refractivity contribution in [2.75, 3.05) is 18.2 Å². The first-order valence-electron chi connectivity index (χ1n) is 7.93. The Bertz CT molecular complexity index is 524. The molecule has 2 aliphatic carbocycles. The lowest BCUT2D eigenvalue weighted by molar-refractivity contribution is -0.117. The van der Waals surface area contributed by atoms with Crippen LogP contribution in [0.3, 0.4) is 0 Å².